The molecule has 4 heterocycles. The largest absolute Gasteiger partial charge is 0.286 e. The van der Waals surface area contributed by atoms with E-state index in [-0.39, 0.29) is 49.8 Å². The van der Waals surface area contributed by atoms with Crippen LogP contribution in [0.5, 0.6) is 0 Å². The van der Waals surface area contributed by atoms with Gasteiger partial charge in [0.15, 0.2) is 0 Å². The Hall–Kier alpha value is -3.24. The lowest BCUT2D eigenvalue weighted by Gasteiger charge is -2.06. The Bertz CT molecular complexity index is 1490. The van der Waals surface area contributed by atoms with Crippen LogP contribution in [0.25, 0.3) is 22.5 Å². The second-order valence-electron chi connectivity index (χ2n) is 8.89. The highest BCUT2D eigenvalue weighted by Crippen LogP contribution is 2.30. The van der Waals surface area contributed by atoms with Crippen molar-refractivity contribution in [2.24, 2.45) is 0 Å². The quantitative estimate of drug-likeness (QED) is 0.161. The van der Waals surface area contributed by atoms with Crippen LogP contribution in [0.3, 0.4) is 0 Å². The number of hydrogen-bond acceptors (Lipinski definition) is 12. The molecule has 4 amide bonds. The minimum absolute atomic E-state index is 0. The predicted octanol–water partition coefficient (Wildman–Crippen LogP) is 5.74. The normalized spacial score (nSPS) is 18.1. The fraction of sp³-hybridized carbons (Fsp3) is 0.154. The molecule has 41 heavy (non-hydrogen) atoms. The first-order chi connectivity index (χ1) is 19.4. The number of amides is 4. The average Bonchev–Trinajstić information content (AvgIpc) is 3.73. The van der Waals surface area contributed by atoms with Gasteiger partial charge in [0.05, 0.1) is 21.9 Å². The van der Waals surface area contributed by atoms with E-state index in [1.165, 1.54) is 22.7 Å². The summed E-state index contributed by atoms with van der Waals surface area (Å²) in [5, 5.41) is 8.55. The van der Waals surface area contributed by atoms with E-state index in [1.54, 1.807) is 0 Å². The zero-order valence-corrected chi connectivity index (χ0v) is 25.9. The van der Waals surface area contributed by atoms with Gasteiger partial charge in [-0.2, -0.15) is 0 Å². The Kier molecular flexibility index (Phi) is 9.09. The van der Waals surface area contributed by atoms with E-state index in [0.29, 0.717) is 23.1 Å². The van der Waals surface area contributed by atoms with Gasteiger partial charge in [0.25, 0.3) is 10.5 Å². The molecule has 0 spiro atoms. The van der Waals surface area contributed by atoms with E-state index in [0.717, 1.165) is 57.2 Å². The number of imide groups is 2. The number of carbonyl (C=O) groups is 4. The number of thiazole rings is 2. The van der Waals surface area contributed by atoms with Gasteiger partial charge in [0.2, 0.25) is 22.1 Å². The summed E-state index contributed by atoms with van der Waals surface area (Å²) in [5.41, 5.74) is 11.7. The molecule has 0 radical (unpaired) electrons. The van der Waals surface area contributed by atoms with E-state index < -0.39 is 0 Å². The monoisotopic (exact) mass is 688 g/mol. The molecule has 2 aromatic heterocycles. The third-order valence-corrected chi connectivity index (χ3v) is 9.64. The van der Waals surface area contributed by atoms with Crippen LogP contribution in [0.2, 0.25) is 0 Å². The number of anilines is 2. The van der Waals surface area contributed by atoms with E-state index >= 15 is 0 Å². The van der Waals surface area contributed by atoms with Gasteiger partial charge in [-0.1, -0.05) is 72.1 Å². The molecule has 2 aromatic carbocycles. The van der Waals surface area contributed by atoms with Crippen molar-refractivity contribution in [3.63, 3.8) is 0 Å². The zero-order valence-electron chi connectivity index (χ0n) is 20.9. The van der Waals surface area contributed by atoms with Crippen molar-refractivity contribution in [2.45, 2.75) is 23.3 Å². The highest BCUT2D eigenvalue weighted by atomic mass is 79.9. The third-order valence-electron chi connectivity index (χ3n) is 6.16. The molecular weight excluding hydrogens is 668 g/mol. The summed E-state index contributed by atoms with van der Waals surface area (Å²) in [5.74, 6) is -0.477. The number of halogens is 1. The number of aromatic nitrogens is 2. The summed E-state index contributed by atoms with van der Waals surface area (Å²) in [7, 11) is 0. The van der Waals surface area contributed by atoms with Crippen molar-refractivity contribution in [1.29, 1.82) is 0 Å². The number of thioether (sulfide) groups is 2. The van der Waals surface area contributed by atoms with Crippen LogP contribution in [-0.2, 0) is 22.4 Å². The number of nitrogens with one attached hydrogen (secondary N) is 4. The highest BCUT2D eigenvalue weighted by Gasteiger charge is 2.32. The van der Waals surface area contributed by atoms with Crippen molar-refractivity contribution in [3.05, 3.63) is 70.4 Å². The number of hydrogen-bond donors (Lipinski definition) is 4. The molecular formula is C26H21BrN6O4S4. The summed E-state index contributed by atoms with van der Waals surface area (Å²) >= 11 is 4.98. The molecule has 6 rings (SSSR count). The van der Waals surface area contributed by atoms with Crippen LogP contribution in [0, 0.1) is 0 Å². The maximum absolute atomic E-state index is 11.8. The van der Waals surface area contributed by atoms with Crippen molar-refractivity contribution < 1.29 is 19.2 Å². The second kappa shape index (κ2) is 12.7. The fourth-order valence-electron chi connectivity index (χ4n) is 4.14. The number of carbonyl (C=O) groups excluding carboxylic acids is 4. The van der Waals surface area contributed by atoms with E-state index in [1.807, 2.05) is 59.3 Å². The smallest absolute Gasteiger partial charge is 0.286 e. The first-order valence-electron chi connectivity index (χ1n) is 12.0. The van der Waals surface area contributed by atoms with Gasteiger partial charge in [0, 0.05) is 21.9 Å². The minimum atomic E-state index is -0.385. The summed E-state index contributed by atoms with van der Waals surface area (Å²) in [4.78, 5) is 55.6. The first kappa shape index (κ1) is 29.3. The highest BCUT2D eigenvalue weighted by molar-refractivity contribution is 8.93. The maximum atomic E-state index is 11.8. The lowest BCUT2D eigenvalue weighted by molar-refractivity contribution is -0.119. The Morgan fingerprint density at radius 2 is 1.02 bits per heavy atom. The Morgan fingerprint density at radius 3 is 1.37 bits per heavy atom. The topological polar surface area (TPSA) is 142 Å². The number of hydrazine groups is 1. The third kappa shape index (κ3) is 6.98. The molecule has 4 N–H and O–H groups in total. The molecule has 2 unspecified atom stereocenters. The molecule has 15 heteroatoms. The molecule has 2 aliphatic heterocycles. The molecule has 2 fully saturated rings. The van der Waals surface area contributed by atoms with Gasteiger partial charge in [-0.15, -0.1) is 39.7 Å². The van der Waals surface area contributed by atoms with Crippen LogP contribution in [-0.4, -0.2) is 42.8 Å². The summed E-state index contributed by atoms with van der Waals surface area (Å²) in [6.45, 7) is 0. The van der Waals surface area contributed by atoms with Crippen LogP contribution < -0.4 is 21.5 Å². The molecule has 4 aromatic rings. The van der Waals surface area contributed by atoms with Crippen molar-refractivity contribution in [2.75, 3.05) is 10.9 Å². The summed E-state index contributed by atoms with van der Waals surface area (Å²) in [6.07, 6.45) is 0.994. The van der Waals surface area contributed by atoms with Crippen LogP contribution in [0.4, 0.5) is 19.9 Å². The van der Waals surface area contributed by atoms with E-state index in [4.69, 9.17) is 0 Å². The van der Waals surface area contributed by atoms with Crippen molar-refractivity contribution in [3.8, 4) is 22.5 Å². The van der Waals surface area contributed by atoms with Crippen molar-refractivity contribution >= 4 is 95.7 Å². The Labute approximate surface area is 261 Å². The van der Waals surface area contributed by atoms with Gasteiger partial charge < -0.3 is 0 Å². The predicted molar refractivity (Wildman–Crippen MR) is 170 cm³/mol. The lowest BCUT2D eigenvalue weighted by atomic mass is 10.1. The first-order valence-corrected chi connectivity index (χ1v) is 15.6. The van der Waals surface area contributed by atoms with Crippen LogP contribution in [0.15, 0.2) is 59.3 Å². The number of rotatable bonds is 9. The number of nitrogens with zero attached hydrogens (tertiary/aromatic N) is 2. The van der Waals surface area contributed by atoms with Gasteiger partial charge in [-0.05, 0) is 24.0 Å². The standard InChI is InChI=1S/C26H20N6O4S4.BrH/c33-21-19(39-25(35)29-21)9-13-1-5-15(6-2-13)17-11-37-23(27-17)31-32-24-28-18(12-38-24)16-7-3-14(4-8-16)10-20-22(34)30-26(36)40-20;/h1-8,11-12,19-20H,9-10H2,(H,27,31)(H,28,32)(H,29,33,35)(H,30,34,36);1H. The van der Waals surface area contributed by atoms with Gasteiger partial charge in [-0.3, -0.25) is 40.7 Å². The Balaban J connectivity index is 0.00000337. The maximum Gasteiger partial charge on any atom is 0.286 e. The van der Waals surface area contributed by atoms with Gasteiger partial charge >= 0.3 is 0 Å². The molecule has 2 atom stereocenters. The molecule has 10 nitrogen and oxygen atoms in total. The minimum Gasteiger partial charge on any atom is -0.286 e. The molecule has 0 aliphatic carbocycles. The van der Waals surface area contributed by atoms with Crippen LogP contribution in [0.1, 0.15) is 11.1 Å². The molecule has 2 aliphatic rings. The molecule has 210 valence electrons. The van der Waals surface area contributed by atoms with Crippen molar-refractivity contribution in [1.82, 2.24) is 20.6 Å². The SMILES string of the molecule is Br.O=C1NC(=O)C(Cc2ccc(-c3csc(NNc4nc(-c5ccc(CC6SC(=O)NC6=O)cc5)cs4)n3)cc2)S1. The average molecular weight is 690 g/mol. The summed E-state index contributed by atoms with van der Waals surface area (Å²) < 4.78 is 0. The van der Waals surface area contributed by atoms with E-state index in [9.17, 15) is 19.2 Å². The van der Waals surface area contributed by atoms with Gasteiger partial charge in [0.1, 0.15) is 0 Å². The zero-order chi connectivity index (χ0) is 27.6. The molecule has 0 bridgehead atoms. The number of benzene rings is 2. The molecule has 0 saturated carbocycles. The van der Waals surface area contributed by atoms with E-state index in [2.05, 4.69) is 31.5 Å². The summed E-state index contributed by atoms with van der Waals surface area (Å²) in [6, 6.07) is 15.6. The van der Waals surface area contributed by atoms with Crippen LogP contribution >= 0.6 is 63.2 Å². The fourth-order valence-corrected chi connectivity index (χ4v) is 7.21. The second-order valence-corrected chi connectivity index (χ2v) is 13.0. The Morgan fingerprint density at radius 1 is 0.634 bits per heavy atom. The lowest BCUT2D eigenvalue weighted by Crippen LogP contribution is -2.25. The van der Waals surface area contributed by atoms with Gasteiger partial charge in [-0.25, -0.2) is 9.97 Å². The molecule has 2 saturated heterocycles.